The Balaban J connectivity index is 2.03. The molecule has 0 aliphatic carbocycles. The second-order valence-corrected chi connectivity index (χ2v) is 5.83. The maximum absolute atomic E-state index is 3.31. The third kappa shape index (κ3) is 2.82. The minimum Gasteiger partial charge on any atom is -0.315 e. The molecule has 0 atom stereocenters. The second-order valence-electron chi connectivity index (χ2n) is 5.83. The quantitative estimate of drug-likeness (QED) is 0.779. The highest BCUT2D eigenvalue weighted by molar-refractivity contribution is 5.27. The molecule has 82 valence electrons. The van der Waals surface area contributed by atoms with Crippen LogP contribution in [0.1, 0.15) is 37.8 Å². The molecule has 0 saturated carbocycles. The van der Waals surface area contributed by atoms with E-state index in [1.54, 1.807) is 0 Å². The smallest absolute Gasteiger partial charge is 0.00885 e. The lowest BCUT2D eigenvalue weighted by molar-refractivity contribution is 0.411. The van der Waals surface area contributed by atoms with Crippen LogP contribution in [0.3, 0.4) is 0 Å². The van der Waals surface area contributed by atoms with Gasteiger partial charge in [-0.15, -0.1) is 0 Å². The molecule has 2 rings (SSSR count). The van der Waals surface area contributed by atoms with Crippen molar-refractivity contribution in [3.05, 3.63) is 35.4 Å². The first-order valence-electron chi connectivity index (χ1n) is 5.84. The van der Waals surface area contributed by atoms with Crippen LogP contribution in [0.4, 0.5) is 0 Å². The molecule has 0 aromatic heterocycles. The average Bonchev–Trinajstić information content (AvgIpc) is 2.02. The summed E-state index contributed by atoms with van der Waals surface area (Å²) in [6, 6.07) is 9.18. The molecule has 1 aromatic carbocycles. The summed E-state index contributed by atoms with van der Waals surface area (Å²) in [5.41, 5.74) is 3.34. The van der Waals surface area contributed by atoms with Crippen LogP contribution >= 0.6 is 0 Å². The zero-order chi connectivity index (χ0) is 10.9. The van der Waals surface area contributed by atoms with Gasteiger partial charge < -0.3 is 5.32 Å². The van der Waals surface area contributed by atoms with Crippen molar-refractivity contribution in [2.75, 3.05) is 13.1 Å². The third-order valence-corrected chi connectivity index (χ3v) is 2.97. The van der Waals surface area contributed by atoms with Crippen molar-refractivity contribution in [3.8, 4) is 0 Å². The number of rotatable bonds is 2. The molecule has 1 fully saturated rings. The standard InChI is InChI=1S/C14H21N/c1-14(2,3)8-11-4-6-12(7-5-11)13-9-15-10-13/h4-7,13,15H,8-10H2,1-3H3. The predicted octanol–water partition coefficient (Wildman–Crippen LogP) is 2.96. The fourth-order valence-electron chi connectivity index (χ4n) is 2.04. The van der Waals surface area contributed by atoms with Gasteiger partial charge in [0.25, 0.3) is 0 Å². The van der Waals surface area contributed by atoms with Crippen molar-refractivity contribution in [2.24, 2.45) is 5.41 Å². The predicted molar refractivity (Wildman–Crippen MR) is 65.2 cm³/mol. The van der Waals surface area contributed by atoms with E-state index in [-0.39, 0.29) is 0 Å². The molecule has 1 heteroatoms. The van der Waals surface area contributed by atoms with Crippen LogP contribution in [0, 0.1) is 5.41 Å². The van der Waals surface area contributed by atoms with Crippen LogP contribution < -0.4 is 5.32 Å². The van der Waals surface area contributed by atoms with Gasteiger partial charge in [0, 0.05) is 19.0 Å². The molecule has 1 aliphatic heterocycles. The third-order valence-electron chi connectivity index (χ3n) is 2.97. The van der Waals surface area contributed by atoms with E-state index < -0.39 is 0 Å². The maximum Gasteiger partial charge on any atom is 0.00885 e. The van der Waals surface area contributed by atoms with E-state index in [1.165, 1.54) is 11.1 Å². The summed E-state index contributed by atoms with van der Waals surface area (Å²) in [5.74, 6) is 0.758. The van der Waals surface area contributed by atoms with Crippen LogP contribution in [0.15, 0.2) is 24.3 Å². The first-order valence-corrected chi connectivity index (χ1v) is 5.84. The van der Waals surface area contributed by atoms with Crippen molar-refractivity contribution in [2.45, 2.75) is 33.1 Å². The topological polar surface area (TPSA) is 12.0 Å². The Kier molecular flexibility index (Phi) is 2.83. The molecule has 1 aromatic rings. The Morgan fingerprint density at radius 1 is 1.13 bits per heavy atom. The fraction of sp³-hybridized carbons (Fsp3) is 0.571. The minimum atomic E-state index is 0.388. The number of benzene rings is 1. The van der Waals surface area contributed by atoms with Crippen molar-refractivity contribution >= 4 is 0 Å². The lowest BCUT2D eigenvalue weighted by Gasteiger charge is -2.27. The van der Waals surface area contributed by atoms with Crippen LogP contribution in [0.25, 0.3) is 0 Å². The van der Waals surface area contributed by atoms with Crippen LogP contribution in [0.5, 0.6) is 0 Å². The Hall–Kier alpha value is -0.820. The van der Waals surface area contributed by atoms with Crippen molar-refractivity contribution in [1.29, 1.82) is 0 Å². The van der Waals surface area contributed by atoms with E-state index in [4.69, 9.17) is 0 Å². The molecule has 0 amide bonds. The Bertz CT molecular complexity index is 314. The zero-order valence-electron chi connectivity index (χ0n) is 10.0. The van der Waals surface area contributed by atoms with Crippen LogP contribution in [-0.2, 0) is 6.42 Å². The lowest BCUT2D eigenvalue weighted by atomic mass is 9.86. The van der Waals surface area contributed by atoms with E-state index in [9.17, 15) is 0 Å². The van der Waals surface area contributed by atoms with Gasteiger partial charge in [-0.3, -0.25) is 0 Å². The average molecular weight is 203 g/mol. The largest absolute Gasteiger partial charge is 0.315 e. The number of nitrogens with one attached hydrogen (secondary N) is 1. The zero-order valence-corrected chi connectivity index (χ0v) is 10.0. The normalized spacial score (nSPS) is 17.5. The highest BCUT2D eigenvalue weighted by Gasteiger charge is 2.18. The van der Waals surface area contributed by atoms with Crippen molar-refractivity contribution in [1.82, 2.24) is 5.32 Å². The highest BCUT2D eigenvalue weighted by atomic mass is 14.9. The molecule has 1 nitrogen and oxygen atoms in total. The van der Waals surface area contributed by atoms with E-state index in [2.05, 4.69) is 50.4 Å². The second kappa shape index (κ2) is 3.97. The van der Waals surface area contributed by atoms with Gasteiger partial charge in [-0.1, -0.05) is 45.0 Å². The van der Waals surface area contributed by atoms with Gasteiger partial charge in [0.1, 0.15) is 0 Å². The fourth-order valence-corrected chi connectivity index (χ4v) is 2.04. The van der Waals surface area contributed by atoms with E-state index in [0.29, 0.717) is 5.41 Å². The summed E-state index contributed by atoms with van der Waals surface area (Å²) in [4.78, 5) is 0. The van der Waals surface area contributed by atoms with Gasteiger partial charge in [0.05, 0.1) is 0 Å². The Morgan fingerprint density at radius 3 is 2.13 bits per heavy atom. The molecule has 1 heterocycles. The first-order chi connectivity index (χ1) is 7.04. The number of hydrogen-bond acceptors (Lipinski definition) is 1. The van der Waals surface area contributed by atoms with Gasteiger partial charge in [0.15, 0.2) is 0 Å². The van der Waals surface area contributed by atoms with Crippen molar-refractivity contribution < 1.29 is 0 Å². The molecule has 1 saturated heterocycles. The summed E-state index contributed by atoms with van der Waals surface area (Å²) in [7, 11) is 0. The first kappa shape index (κ1) is 10.7. The molecular formula is C14H21N. The Labute approximate surface area is 92.9 Å². The summed E-state index contributed by atoms with van der Waals surface area (Å²) >= 11 is 0. The molecule has 0 spiro atoms. The summed E-state index contributed by atoms with van der Waals surface area (Å²) in [6.07, 6.45) is 1.16. The summed E-state index contributed by atoms with van der Waals surface area (Å²) in [5, 5.41) is 3.31. The van der Waals surface area contributed by atoms with Crippen LogP contribution in [-0.4, -0.2) is 13.1 Å². The van der Waals surface area contributed by atoms with Gasteiger partial charge in [-0.25, -0.2) is 0 Å². The van der Waals surface area contributed by atoms with Crippen LogP contribution in [0.2, 0.25) is 0 Å². The van der Waals surface area contributed by atoms with E-state index in [1.807, 2.05) is 0 Å². The summed E-state index contributed by atoms with van der Waals surface area (Å²) < 4.78 is 0. The lowest BCUT2D eigenvalue weighted by Crippen LogP contribution is -2.39. The molecule has 0 unspecified atom stereocenters. The van der Waals surface area contributed by atoms with Gasteiger partial charge in [0.2, 0.25) is 0 Å². The molecule has 15 heavy (non-hydrogen) atoms. The number of hydrogen-bond donors (Lipinski definition) is 1. The van der Waals surface area contributed by atoms with E-state index >= 15 is 0 Å². The highest BCUT2D eigenvalue weighted by Crippen LogP contribution is 2.24. The van der Waals surface area contributed by atoms with Gasteiger partial charge >= 0.3 is 0 Å². The molecule has 0 bridgehead atoms. The Morgan fingerprint density at radius 2 is 1.73 bits per heavy atom. The minimum absolute atomic E-state index is 0.388. The van der Waals surface area contributed by atoms with Crippen molar-refractivity contribution in [3.63, 3.8) is 0 Å². The molecular weight excluding hydrogens is 182 g/mol. The van der Waals surface area contributed by atoms with Gasteiger partial charge in [-0.2, -0.15) is 0 Å². The molecule has 0 radical (unpaired) electrons. The molecule has 1 N–H and O–H groups in total. The van der Waals surface area contributed by atoms with Gasteiger partial charge in [-0.05, 0) is 23.0 Å². The molecule has 1 aliphatic rings. The van der Waals surface area contributed by atoms with E-state index in [0.717, 1.165) is 25.4 Å². The SMILES string of the molecule is CC(C)(C)Cc1ccc(C2CNC2)cc1. The maximum atomic E-state index is 3.31. The monoisotopic (exact) mass is 203 g/mol. The summed E-state index contributed by atoms with van der Waals surface area (Å²) in [6.45, 7) is 9.17.